The molecule has 0 bridgehead atoms. The third kappa shape index (κ3) is 2.30. The Labute approximate surface area is 152 Å². The van der Waals surface area contributed by atoms with Crippen LogP contribution in [0.5, 0.6) is 0 Å². The number of nitrogens with one attached hydrogen (secondary N) is 1. The van der Waals surface area contributed by atoms with Gasteiger partial charge in [0, 0.05) is 26.2 Å². The second-order valence-corrected chi connectivity index (χ2v) is 8.04. The maximum absolute atomic E-state index is 12.5. The molecule has 1 saturated carbocycles. The number of H-pyrrole nitrogens is 1. The number of piperidine rings is 1. The fourth-order valence-electron chi connectivity index (χ4n) is 4.66. The van der Waals surface area contributed by atoms with Crippen LogP contribution in [-0.2, 0) is 0 Å². The van der Waals surface area contributed by atoms with Crippen molar-refractivity contribution >= 4 is 22.5 Å². The molecule has 6 nitrogen and oxygen atoms in total. The normalized spacial score (nSPS) is 21.3. The van der Waals surface area contributed by atoms with Crippen LogP contribution in [0.2, 0.25) is 0 Å². The number of nitriles is 1. The molecule has 2 aromatic heterocycles. The van der Waals surface area contributed by atoms with Crippen molar-refractivity contribution in [3.63, 3.8) is 0 Å². The van der Waals surface area contributed by atoms with Crippen molar-refractivity contribution in [2.75, 3.05) is 36.0 Å². The predicted octanol–water partition coefficient (Wildman–Crippen LogP) is 2.78. The van der Waals surface area contributed by atoms with E-state index in [0.29, 0.717) is 5.41 Å². The third-order valence-corrected chi connectivity index (χ3v) is 6.66. The lowest BCUT2D eigenvalue weighted by Gasteiger charge is -2.48. The van der Waals surface area contributed by atoms with Crippen molar-refractivity contribution in [1.82, 2.24) is 9.97 Å². The molecule has 0 unspecified atom stereocenters. The van der Waals surface area contributed by atoms with E-state index in [1.54, 1.807) is 0 Å². The summed E-state index contributed by atoms with van der Waals surface area (Å²) < 4.78 is 0. The molecule has 0 radical (unpaired) electrons. The molecule has 1 N–H and O–H groups in total. The van der Waals surface area contributed by atoms with E-state index in [-0.39, 0.29) is 11.1 Å². The van der Waals surface area contributed by atoms with Gasteiger partial charge in [-0.05, 0) is 49.7 Å². The molecule has 1 spiro atoms. The number of anilines is 2. The zero-order chi connectivity index (χ0) is 17.7. The Bertz CT molecular complexity index is 955. The van der Waals surface area contributed by atoms with Crippen molar-refractivity contribution in [1.29, 1.82) is 5.26 Å². The van der Waals surface area contributed by atoms with Crippen molar-refractivity contribution in [3.05, 3.63) is 28.0 Å². The highest BCUT2D eigenvalue weighted by Crippen LogP contribution is 2.49. The summed E-state index contributed by atoms with van der Waals surface area (Å²) in [6.07, 6.45) is 7.50. The van der Waals surface area contributed by atoms with Crippen LogP contribution in [0.25, 0.3) is 11.0 Å². The molecule has 0 atom stereocenters. The van der Waals surface area contributed by atoms with Crippen LogP contribution < -0.4 is 15.4 Å². The Morgan fingerprint density at radius 2 is 1.81 bits per heavy atom. The summed E-state index contributed by atoms with van der Waals surface area (Å²) in [5.74, 6) is 0.938. The van der Waals surface area contributed by atoms with Gasteiger partial charge in [-0.15, -0.1) is 0 Å². The number of pyridine rings is 2. The van der Waals surface area contributed by atoms with Gasteiger partial charge in [-0.2, -0.15) is 5.26 Å². The van der Waals surface area contributed by atoms with Crippen molar-refractivity contribution in [3.8, 4) is 6.07 Å². The van der Waals surface area contributed by atoms with Crippen LogP contribution in [-0.4, -0.2) is 36.1 Å². The van der Waals surface area contributed by atoms with Gasteiger partial charge in [-0.25, -0.2) is 4.98 Å². The third-order valence-electron chi connectivity index (χ3n) is 6.66. The van der Waals surface area contributed by atoms with E-state index < -0.39 is 0 Å². The summed E-state index contributed by atoms with van der Waals surface area (Å²) in [7, 11) is 0. The largest absolute Gasteiger partial charge is 0.368 e. The summed E-state index contributed by atoms with van der Waals surface area (Å²) in [6, 6.07) is 6.03. The Morgan fingerprint density at radius 3 is 2.38 bits per heavy atom. The average Bonchev–Trinajstić information content (AvgIpc) is 2.58. The molecule has 5 rings (SSSR count). The zero-order valence-corrected chi connectivity index (χ0v) is 14.9. The van der Waals surface area contributed by atoms with Crippen LogP contribution in [0, 0.1) is 16.7 Å². The Morgan fingerprint density at radius 1 is 1.04 bits per heavy atom. The monoisotopic (exact) mass is 349 g/mol. The molecule has 1 aliphatic carbocycles. The van der Waals surface area contributed by atoms with Gasteiger partial charge < -0.3 is 14.8 Å². The first-order chi connectivity index (χ1) is 12.7. The number of rotatable bonds is 2. The smallest absolute Gasteiger partial charge is 0.268 e. The van der Waals surface area contributed by atoms with Gasteiger partial charge in [0.25, 0.3) is 5.56 Å². The molecular formula is C20H23N5O. The van der Waals surface area contributed by atoms with Gasteiger partial charge >= 0.3 is 0 Å². The minimum atomic E-state index is -0.308. The number of hydrogen-bond donors (Lipinski definition) is 1. The van der Waals surface area contributed by atoms with E-state index in [0.717, 1.165) is 61.6 Å². The Kier molecular flexibility index (Phi) is 3.46. The van der Waals surface area contributed by atoms with Gasteiger partial charge in [-0.1, -0.05) is 6.42 Å². The van der Waals surface area contributed by atoms with Crippen LogP contribution in [0.15, 0.2) is 16.9 Å². The highest BCUT2D eigenvalue weighted by atomic mass is 16.1. The average molecular weight is 349 g/mol. The van der Waals surface area contributed by atoms with E-state index in [2.05, 4.69) is 20.9 Å². The van der Waals surface area contributed by atoms with Gasteiger partial charge in [0.05, 0.1) is 11.2 Å². The number of fused-ring (bicyclic) bond motifs is 1. The zero-order valence-electron chi connectivity index (χ0n) is 14.9. The van der Waals surface area contributed by atoms with Crippen LogP contribution >= 0.6 is 0 Å². The lowest BCUT2D eigenvalue weighted by atomic mass is 9.63. The van der Waals surface area contributed by atoms with E-state index in [4.69, 9.17) is 4.98 Å². The number of aromatic amines is 1. The SMILES string of the molecule is N#Cc1c(N2CCC3(CCC3)CC2)c2nc(N3CCC3)ccc2[nH]c1=O. The molecule has 0 aromatic carbocycles. The van der Waals surface area contributed by atoms with Crippen LogP contribution in [0.1, 0.15) is 44.1 Å². The van der Waals surface area contributed by atoms with Crippen molar-refractivity contribution in [2.45, 2.75) is 38.5 Å². The van der Waals surface area contributed by atoms with E-state index in [9.17, 15) is 10.1 Å². The molecule has 3 fully saturated rings. The number of aromatic nitrogens is 2. The molecule has 2 aliphatic heterocycles. The highest BCUT2D eigenvalue weighted by Gasteiger charge is 2.40. The molecule has 4 heterocycles. The lowest BCUT2D eigenvalue weighted by Crippen LogP contribution is -2.44. The summed E-state index contributed by atoms with van der Waals surface area (Å²) in [6.45, 7) is 3.86. The molecule has 134 valence electrons. The predicted molar refractivity (Wildman–Crippen MR) is 102 cm³/mol. The number of nitrogens with zero attached hydrogens (tertiary/aromatic N) is 4. The first-order valence-electron chi connectivity index (χ1n) is 9.66. The van der Waals surface area contributed by atoms with Crippen molar-refractivity contribution in [2.24, 2.45) is 5.41 Å². The van der Waals surface area contributed by atoms with Crippen molar-refractivity contribution < 1.29 is 0 Å². The van der Waals surface area contributed by atoms with Gasteiger partial charge in [0.2, 0.25) is 0 Å². The first kappa shape index (κ1) is 15.7. The fraction of sp³-hybridized carbons (Fsp3) is 0.550. The van der Waals surface area contributed by atoms with Crippen LogP contribution in [0.4, 0.5) is 11.5 Å². The lowest BCUT2D eigenvalue weighted by molar-refractivity contribution is 0.0955. The summed E-state index contributed by atoms with van der Waals surface area (Å²) in [5.41, 5.74) is 2.64. The van der Waals surface area contributed by atoms with Crippen LogP contribution in [0.3, 0.4) is 0 Å². The maximum Gasteiger partial charge on any atom is 0.268 e. The number of hydrogen-bond acceptors (Lipinski definition) is 5. The molecule has 6 heteroatoms. The Hall–Kier alpha value is -2.55. The molecule has 2 aromatic rings. The molecule has 26 heavy (non-hydrogen) atoms. The van der Waals surface area contributed by atoms with Gasteiger partial charge in [0.15, 0.2) is 0 Å². The quantitative estimate of drug-likeness (QED) is 0.902. The summed E-state index contributed by atoms with van der Waals surface area (Å²) in [4.78, 5) is 24.6. The molecular weight excluding hydrogens is 326 g/mol. The summed E-state index contributed by atoms with van der Waals surface area (Å²) >= 11 is 0. The minimum Gasteiger partial charge on any atom is -0.368 e. The maximum atomic E-state index is 12.5. The second-order valence-electron chi connectivity index (χ2n) is 8.04. The topological polar surface area (TPSA) is 76.0 Å². The van der Waals surface area contributed by atoms with E-state index in [1.165, 1.54) is 25.7 Å². The van der Waals surface area contributed by atoms with Gasteiger partial charge in [0.1, 0.15) is 23.0 Å². The van der Waals surface area contributed by atoms with Gasteiger partial charge in [-0.3, -0.25) is 4.79 Å². The fourth-order valence-corrected chi connectivity index (χ4v) is 4.66. The minimum absolute atomic E-state index is 0.204. The van der Waals surface area contributed by atoms with E-state index >= 15 is 0 Å². The molecule has 2 saturated heterocycles. The molecule has 0 amide bonds. The summed E-state index contributed by atoms with van der Waals surface area (Å²) in [5, 5.41) is 9.65. The Balaban J connectivity index is 1.61. The highest BCUT2D eigenvalue weighted by molar-refractivity contribution is 5.92. The standard InChI is InChI=1S/C20H23N5O/c21-13-14-18(25-11-7-20(8-12-25)5-1-6-20)17-15(22-19(14)26)3-4-16(23-17)24-9-2-10-24/h3-4H,1-2,5-12H2,(H,22,26). The second kappa shape index (κ2) is 5.73. The first-order valence-corrected chi connectivity index (χ1v) is 9.66. The van der Waals surface area contributed by atoms with E-state index in [1.807, 2.05) is 12.1 Å². The molecule has 3 aliphatic rings.